The highest BCUT2D eigenvalue weighted by molar-refractivity contribution is 7.92. The largest absolute Gasteiger partial charge is 0.486 e. The average Bonchev–Trinajstić information content (AvgIpc) is 2.96. The fourth-order valence-corrected chi connectivity index (χ4v) is 6.21. The van der Waals surface area contributed by atoms with Crippen LogP contribution in [0.1, 0.15) is 5.56 Å². The Bertz CT molecular complexity index is 1790. The van der Waals surface area contributed by atoms with Crippen molar-refractivity contribution in [2.24, 2.45) is 0 Å². The molecule has 0 amide bonds. The third-order valence-electron chi connectivity index (χ3n) is 6.47. The maximum Gasteiger partial charge on any atom is 0.261 e. The van der Waals surface area contributed by atoms with Crippen molar-refractivity contribution in [3.8, 4) is 17.1 Å². The SMILES string of the molecule is CS(=O)(=O)N1CCN(c2ccc(S(=O)(=O)Nc3cccc(-c4ncc(OCc5cc[nH]c(=O)c5)cn4)c3)cc2)CC1. The second-order valence-corrected chi connectivity index (χ2v) is 13.1. The molecule has 2 aromatic heterocycles. The topological polar surface area (TPSA) is 155 Å². The van der Waals surface area contributed by atoms with Crippen LogP contribution in [0.15, 0.2) is 88.9 Å². The Balaban J connectivity index is 1.22. The van der Waals surface area contributed by atoms with Crippen LogP contribution in [-0.4, -0.2) is 68.5 Å². The maximum atomic E-state index is 13.1. The van der Waals surface area contributed by atoms with E-state index in [1.54, 1.807) is 48.7 Å². The van der Waals surface area contributed by atoms with Gasteiger partial charge in [0.1, 0.15) is 6.61 Å². The quantitative estimate of drug-likeness (QED) is 0.296. The van der Waals surface area contributed by atoms with Gasteiger partial charge in [0.15, 0.2) is 11.6 Å². The Hall–Kier alpha value is -4.27. The highest BCUT2D eigenvalue weighted by Crippen LogP contribution is 2.25. The molecule has 0 unspecified atom stereocenters. The van der Waals surface area contributed by atoms with Crippen molar-refractivity contribution in [1.82, 2.24) is 19.3 Å². The summed E-state index contributed by atoms with van der Waals surface area (Å²) in [5.41, 5.74) is 2.27. The van der Waals surface area contributed by atoms with Gasteiger partial charge in [0.25, 0.3) is 10.0 Å². The molecule has 5 rings (SSSR count). The molecule has 41 heavy (non-hydrogen) atoms. The average molecular weight is 597 g/mol. The van der Waals surface area contributed by atoms with Gasteiger partial charge in [-0.1, -0.05) is 12.1 Å². The van der Waals surface area contributed by atoms with Crippen LogP contribution in [0.3, 0.4) is 0 Å². The van der Waals surface area contributed by atoms with E-state index >= 15 is 0 Å². The van der Waals surface area contributed by atoms with Crippen molar-refractivity contribution in [1.29, 1.82) is 0 Å². The molecule has 214 valence electrons. The number of hydrogen-bond donors (Lipinski definition) is 2. The number of aromatic nitrogens is 3. The summed E-state index contributed by atoms with van der Waals surface area (Å²) in [4.78, 5) is 24.7. The first-order chi connectivity index (χ1) is 19.6. The van der Waals surface area contributed by atoms with Gasteiger partial charge in [0, 0.05) is 55.4 Å². The zero-order valence-corrected chi connectivity index (χ0v) is 23.7. The number of nitrogens with one attached hydrogen (secondary N) is 2. The molecule has 0 atom stereocenters. The van der Waals surface area contributed by atoms with E-state index in [2.05, 4.69) is 19.7 Å². The van der Waals surface area contributed by atoms with Gasteiger partial charge in [0.05, 0.1) is 23.5 Å². The first kappa shape index (κ1) is 28.3. The van der Waals surface area contributed by atoms with Crippen LogP contribution in [0.5, 0.6) is 5.75 Å². The van der Waals surface area contributed by atoms with Crippen LogP contribution in [0.25, 0.3) is 11.4 Å². The molecule has 0 radical (unpaired) electrons. The van der Waals surface area contributed by atoms with Crippen molar-refractivity contribution >= 4 is 31.4 Å². The third-order valence-corrected chi connectivity index (χ3v) is 9.17. The summed E-state index contributed by atoms with van der Waals surface area (Å²) >= 11 is 0. The summed E-state index contributed by atoms with van der Waals surface area (Å²) in [6.07, 6.45) is 5.76. The van der Waals surface area contributed by atoms with Gasteiger partial charge in [-0.2, -0.15) is 4.31 Å². The number of nitrogens with zero attached hydrogens (tertiary/aromatic N) is 4. The van der Waals surface area contributed by atoms with E-state index in [1.165, 1.54) is 41.2 Å². The number of pyridine rings is 1. The Labute approximate surface area is 237 Å². The monoisotopic (exact) mass is 596 g/mol. The minimum Gasteiger partial charge on any atom is -0.486 e. The summed E-state index contributed by atoms with van der Waals surface area (Å²) in [7, 11) is -7.10. The van der Waals surface area contributed by atoms with E-state index in [9.17, 15) is 21.6 Å². The smallest absolute Gasteiger partial charge is 0.261 e. The lowest BCUT2D eigenvalue weighted by molar-refractivity contribution is 0.303. The molecular weight excluding hydrogens is 568 g/mol. The minimum absolute atomic E-state index is 0.0968. The summed E-state index contributed by atoms with van der Waals surface area (Å²) in [6, 6.07) is 16.4. The molecular formula is C27H28N6O6S2. The fourth-order valence-electron chi connectivity index (χ4n) is 4.34. The predicted octanol–water partition coefficient (Wildman–Crippen LogP) is 2.29. The van der Waals surface area contributed by atoms with Crippen LogP contribution in [0.4, 0.5) is 11.4 Å². The number of piperazine rings is 1. The lowest BCUT2D eigenvalue weighted by Crippen LogP contribution is -2.48. The molecule has 14 heteroatoms. The number of anilines is 2. The van der Waals surface area contributed by atoms with E-state index in [1.807, 2.05) is 4.90 Å². The number of ether oxygens (including phenoxy) is 1. The van der Waals surface area contributed by atoms with E-state index in [-0.39, 0.29) is 17.1 Å². The Morgan fingerprint density at radius 3 is 2.29 bits per heavy atom. The van der Waals surface area contributed by atoms with Crippen LogP contribution in [0, 0.1) is 0 Å². The van der Waals surface area contributed by atoms with Gasteiger partial charge in [-0.05, 0) is 48.0 Å². The van der Waals surface area contributed by atoms with E-state index in [0.29, 0.717) is 54.6 Å². The maximum absolute atomic E-state index is 13.1. The number of H-pyrrole nitrogens is 1. The summed E-state index contributed by atoms with van der Waals surface area (Å²) < 4.78 is 59.3. The third kappa shape index (κ3) is 7.09. The Morgan fingerprint density at radius 2 is 1.63 bits per heavy atom. The lowest BCUT2D eigenvalue weighted by Gasteiger charge is -2.34. The summed E-state index contributed by atoms with van der Waals surface area (Å²) in [5, 5.41) is 0. The van der Waals surface area contributed by atoms with Crippen LogP contribution >= 0.6 is 0 Å². The summed E-state index contributed by atoms with van der Waals surface area (Å²) in [6.45, 7) is 1.99. The molecule has 1 aliphatic rings. The predicted molar refractivity (Wildman–Crippen MR) is 155 cm³/mol. The number of rotatable bonds is 9. The summed E-state index contributed by atoms with van der Waals surface area (Å²) in [5.74, 6) is 0.807. The van der Waals surface area contributed by atoms with Gasteiger partial charge >= 0.3 is 0 Å². The molecule has 0 spiro atoms. The second-order valence-electron chi connectivity index (χ2n) is 9.42. The van der Waals surface area contributed by atoms with Crippen molar-refractivity contribution < 1.29 is 21.6 Å². The van der Waals surface area contributed by atoms with Gasteiger partial charge in [-0.15, -0.1) is 0 Å². The molecule has 0 saturated carbocycles. The van der Waals surface area contributed by atoms with E-state index in [0.717, 1.165) is 5.69 Å². The number of sulfonamides is 2. The Morgan fingerprint density at radius 1 is 0.927 bits per heavy atom. The Kier molecular flexibility index (Phi) is 8.06. The standard InChI is InChI=1S/C27H28N6O6S2/c1-40(35,36)33-13-11-32(12-14-33)23-5-7-25(8-6-23)41(37,38)31-22-4-2-3-21(16-22)27-29-17-24(18-30-27)39-19-20-9-10-28-26(34)15-20/h2-10,15-18,31H,11-14,19H2,1H3,(H,28,34). The van der Waals surface area contributed by atoms with Crippen molar-refractivity contribution in [3.05, 3.63) is 95.2 Å². The molecule has 0 bridgehead atoms. The van der Waals surface area contributed by atoms with Crippen molar-refractivity contribution in [3.63, 3.8) is 0 Å². The molecule has 12 nitrogen and oxygen atoms in total. The van der Waals surface area contributed by atoms with E-state index in [4.69, 9.17) is 4.74 Å². The molecule has 2 aromatic carbocycles. The lowest BCUT2D eigenvalue weighted by atomic mass is 10.2. The van der Waals surface area contributed by atoms with Gasteiger partial charge in [-0.25, -0.2) is 26.8 Å². The van der Waals surface area contributed by atoms with Crippen LogP contribution < -0.4 is 19.9 Å². The minimum atomic E-state index is -3.87. The van der Waals surface area contributed by atoms with Crippen molar-refractivity contribution in [2.75, 3.05) is 42.1 Å². The fraction of sp³-hybridized carbons (Fsp3) is 0.222. The van der Waals surface area contributed by atoms with E-state index < -0.39 is 20.0 Å². The van der Waals surface area contributed by atoms with Crippen molar-refractivity contribution in [2.45, 2.75) is 11.5 Å². The number of benzene rings is 2. The molecule has 1 aliphatic heterocycles. The zero-order chi connectivity index (χ0) is 29.0. The highest BCUT2D eigenvalue weighted by atomic mass is 32.2. The molecule has 0 aliphatic carbocycles. The molecule has 4 aromatic rings. The molecule has 1 fully saturated rings. The van der Waals surface area contributed by atoms with Gasteiger partial charge < -0.3 is 14.6 Å². The van der Waals surface area contributed by atoms with Crippen LogP contribution in [0.2, 0.25) is 0 Å². The number of aromatic amines is 1. The zero-order valence-electron chi connectivity index (χ0n) is 22.1. The normalized spacial score (nSPS) is 14.5. The number of hydrogen-bond acceptors (Lipinski definition) is 9. The highest BCUT2D eigenvalue weighted by Gasteiger charge is 2.24. The molecule has 2 N–H and O–H groups in total. The van der Waals surface area contributed by atoms with Gasteiger partial charge in [0.2, 0.25) is 15.6 Å². The van der Waals surface area contributed by atoms with Gasteiger partial charge in [-0.3, -0.25) is 9.52 Å². The first-order valence-electron chi connectivity index (χ1n) is 12.6. The van der Waals surface area contributed by atoms with Crippen LogP contribution in [-0.2, 0) is 26.7 Å². The first-order valence-corrected chi connectivity index (χ1v) is 16.0. The molecule has 1 saturated heterocycles. The second kappa shape index (κ2) is 11.7. The molecule has 3 heterocycles.